The van der Waals surface area contributed by atoms with Gasteiger partial charge in [-0.25, -0.2) is 0 Å². The second-order valence-corrected chi connectivity index (χ2v) is 6.73. The van der Waals surface area contributed by atoms with Gasteiger partial charge in [0, 0.05) is 18.6 Å². The van der Waals surface area contributed by atoms with Crippen LogP contribution in [-0.4, -0.2) is 30.1 Å². The van der Waals surface area contributed by atoms with Gasteiger partial charge in [0.05, 0.1) is 0 Å². The molecule has 2 heterocycles. The Morgan fingerprint density at radius 2 is 2.00 bits per heavy atom. The van der Waals surface area contributed by atoms with Crippen LogP contribution < -0.4 is 5.32 Å². The van der Waals surface area contributed by atoms with E-state index in [4.69, 9.17) is 0 Å². The van der Waals surface area contributed by atoms with Crippen LogP contribution in [0, 0.1) is 5.92 Å². The van der Waals surface area contributed by atoms with Crippen LogP contribution >= 0.6 is 0 Å². The van der Waals surface area contributed by atoms with Crippen molar-refractivity contribution in [2.24, 2.45) is 5.92 Å². The van der Waals surface area contributed by atoms with Crippen LogP contribution in [0.5, 0.6) is 0 Å². The molecule has 1 aromatic carbocycles. The lowest BCUT2D eigenvalue weighted by atomic mass is 9.78. The number of benzene rings is 1. The van der Waals surface area contributed by atoms with E-state index in [1.807, 2.05) is 0 Å². The van der Waals surface area contributed by atoms with E-state index in [0.29, 0.717) is 18.0 Å². The van der Waals surface area contributed by atoms with Gasteiger partial charge in [-0.3, -0.25) is 4.90 Å². The highest BCUT2D eigenvalue weighted by Gasteiger charge is 2.38. The maximum Gasteiger partial charge on any atom is 0.0292 e. The molecule has 114 valence electrons. The number of piperidine rings is 2. The van der Waals surface area contributed by atoms with E-state index in [1.165, 1.54) is 49.9 Å². The Kier molecular flexibility index (Phi) is 4.77. The fourth-order valence-electron chi connectivity index (χ4n) is 4.12. The Hall–Kier alpha value is -1.12. The molecule has 0 radical (unpaired) electrons. The van der Waals surface area contributed by atoms with Gasteiger partial charge in [0.15, 0.2) is 0 Å². The van der Waals surface area contributed by atoms with Crippen molar-refractivity contribution in [1.82, 2.24) is 10.2 Å². The highest BCUT2D eigenvalue weighted by molar-refractivity contribution is 5.15. The predicted octanol–water partition coefficient (Wildman–Crippen LogP) is 3.60. The monoisotopic (exact) mass is 284 g/mol. The van der Waals surface area contributed by atoms with Gasteiger partial charge in [-0.05, 0) is 50.8 Å². The highest BCUT2D eigenvalue weighted by atomic mass is 15.2. The third kappa shape index (κ3) is 3.38. The van der Waals surface area contributed by atoms with Crippen LogP contribution in [0.4, 0.5) is 0 Å². The van der Waals surface area contributed by atoms with Gasteiger partial charge in [0.2, 0.25) is 0 Å². The van der Waals surface area contributed by atoms with Gasteiger partial charge < -0.3 is 5.32 Å². The molecule has 0 unspecified atom stereocenters. The average molecular weight is 284 g/mol. The zero-order valence-corrected chi connectivity index (χ0v) is 13.2. The zero-order valence-electron chi connectivity index (χ0n) is 13.2. The first kappa shape index (κ1) is 14.8. The largest absolute Gasteiger partial charge is 0.308 e. The summed E-state index contributed by atoms with van der Waals surface area (Å²) >= 11 is 0. The van der Waals surface area contributed by atoms with Crippen molar-refractivity contribution in [1.29, 1.82) is 0 Å². The van der Waals surface area contributed by atoms with Gasteiger partial charge >= 0.3 is 0 Å². The second-order valence-electron chi connectivity index (χ2n) is 6.73. The number of hydrogen-bond acceptors (Lipinski definition) is 2. The topological polar surface area (TPSA) is 15.3 Å². The Morgan fingerprint density at radius 3 is 2.76 bits per heavy atom. The predicted molar refractivity (Wildman–Crippen MR) is 89.2 cm³/mol. The molecule has 3 rings (SSSR count). The molecule has 1 aromatic rings. The van der Waals surface area contributed by atoms with Crippen molar-refractivity contribution in [2.45, 2.75) is 51.2 Å². The number of fused-ring (bicyclic) bond motifs is 1. The third-order valence-corrected chi connectivity index (χ3v) is 5.26. The van der Waals surface area contributed by atoms with E-state index >= 15 is 0 Å². The third-order valence-electron chi connectivity index (χ3n) is 5.26. The number of hydrogen-bond donors (Lipinski definition) is 1. The standard InChI is InChI=1S/C19H28N2/c1-15(2)17-11-13-21-12-7-6-10-18(21)19(17)20-14-16-8-4-3-5-9-16/h3-5,8-9,17-20H,1,6-7,10-14H2,2H3/t17-,18-,19-/m0/s1. The summed E-state index contributed by atoms with van der Waals surface area (Å²) in [6, 6.07) is 12.0. The quantitative estimate of drug-likeness (QED) is 0.850. The molecule has 1 N–H and O–H groups in total. The van der Waals surface area contributed by atoms with Crippen LogP contribution in [0.2, 0.25) is 0 Å². The van der Waals surface area contributed by atoms with Crippen molar-refractivity contribution in [3.63, 3.8) is 0 Å². The fraction of sp³-hybridized carbons (Fsp3) is 0.579. The minimum atomic E-state index is 0.566. The summed E-state index contributed by atoms with van der Waals surface area (Å²) in [6.45, 7) is 9.99. The summed E-state index contributed by atoms with van der Waals surface area (Å²) in [4.78, 5) is 2.71. The normalized spacial score (nSPS) is 29.9. The molecule has 2 fully saturated rings. The summed E-state index contributed by atoms with van der Waals surface area (Å²) in [5.41, 5.74) is 2.73. The van der Waals surface area contributed by atoms with Crippen LogP contribution in [-0.2, 0) is 6.54 Å². The molecule has 0 aliphatic carbocycles. The molecule has 2 nitrogen and oxygen atoms in total. The molecule has 2 aliphatic heterocycles. The maximum absolute atomic E-state index is 4.26. The number of rotatable bonds is 4. The van der Waals surface area contributed by atoms with E-state index < -0.39 is 0 Å². The van der Waals surface area contributed by atoms with Crippen LogP contribution in [0.25, 0.3) is 0 Å². The smallest absolute Gasteiger partial charge is 0.0292 e. The van der Waals surface area contributed by atoms with E-state index in [2.05, 4.69) is 54.1 Å². The molecule has 3 atom stereocenters. The number of nitrogens with one attached hydrogen (secondary N) is 1. The molecular weight excluding hydrogens is 256 g/mol. The highest BCUT2D eigenvalue weighted by Crippen LogP contribution is 2.33. The summed E-state index contributed by atoms with van der Waals surface area (Å²) in [5, 5.41) is 3.87. The first-order valence-electron chi connectivity index (χ1n) is 8.42. The van der Waals surface area contributed by atoms with Crippen molar-refractivity contribution in [3.8, 4) is 0 Å². The van der Waals surface area contributed by atoms with Crippen molar-refractivity contribution in [3.05, 3.63) is 48.0 Å². The molecule has 0 bridgehead atoms. The van der Waals surface area contributed by atoms with Crippen LogP contribution in [0.15, 0.2) is 42.5 Å². The van der Waals surface area contributed by atoms with E-state index in [0.717, 1.165) is 6.54 Å². The minimum absolute atomic E-state index is 0.566. The molecule has 2 heteroatoms. The van der Waals surface area contributed by atoms with Gasteiger partial charge in [0.25, 0.3) is 0 Å². The molecule has 0 amide bonds. The Labute approximate surface area is 129 Å². The van der Waals surface area contributed by atoms with Gasteiger partial charge in [-0.1, -0.05) is 48.9 Å². The lowest BCUT2D eigenvalue weighted by Crippen LogP contribution is -2.59. The first-order valence-corrected chi connectivity index (χ1v) is 8.42. The van der Waals surface area contributed by atoms with Crippen molar-refractivity contribution >= 4 is 0 Å². The maximum atomic E-state index is 4.26. The Bertz CT molecular complexity index is 468. The summed E-state index contributed by atoms with van der Waals surface area (Å²) < 4.78 is 0. The van der Waals surface area contributed by atoms with Gasteiger partial charge in [-0.2, -0.15) is 0 Å². The lowest BCUT2D eigenvalue weighted by Gasteiger charge is -2.48. The molecular formula is C19H28N2. The molecule has 0 spiro atoms. The average Bonchev–Trinajstić information content (AvgIpc) is 2.53. The lowest BCUT2D eigenvalue weighted by molar-refractivity contribution is 0.0530. The van der Waals surface area contributed by atoms with Crippen LogP contribution in [0.3, 0.4) is 0 Å². The fourth-order valence-corrected chi connectivity index (χ4v) is 4.12. The molecule has 2 saturated heterocycles. The minimum Gasteiger partial charge on any atom is -0.308 e. The summed E-state index contributed by atoms with van der Waals surface area (Å²) in [6.07, 6.45) is 5.36. The van der Waals surface area contributed by atoms with Crippen molar-refractivity contribution < 1.29 is 0 Å². The Morgan fingerprint density at radius 1 is 1.19 bits per heavy atom. The second kappa shape index (κ2) is 6.76. The van der Waals surface area contributed by atoms with Gasteiger partial charge in [-0.15, -0.1) is 0 Å². The Balaban J connectivity index is 1.71. The molecule has 0 saturated carbocycles. The number of nitrogens with zero attached hydrogens (tertiary/aromatic N) is 1. The molecule has 2 aliphatic rings. The van der Waals surface area contributed by atoms with Crippen molar-refractivity contribution in [2.75, 3.05) is 13.1 Å². The van der Waals surface area contributed by atoms with Crippen LogP contribution in [0.1, 0.15) is 38.2 Å². The molecule has 21 heavy (non-hydrogen) atoms. The summed E-state index contributed by atoms with van der Waals surface area (Å²) in [7, 11) is 0. The van der Waals surface area contributed by atoms with E-state index in [-0.39, 0.29) is 0 Å². The van der Waals surface area contributed by atoms with E-state index in [1.54, 1.807) is 0 Å². The van der Waals surface area contributed by atoms with Gasteiger partial charge in [0.1, 0.15) is 0 Å². The SMILES string of the molecule is C=C(C)[C@@H]1CCN2CCCC[C@H]2[C@H]1NCc1ccccc1. The molecule has 0 aromatic heterocycles. The summed E-state index contributed by atoms with van der Waals surface area (Å²) in [5.74, 6) is 0.632. The van der Waals surface area contributed by atoms with E-state index in [9.17, 15) is 0 Å². The zero-order chi connectivity index (χ0) is 14.7. The first-order chi connectivity index (χ1) is 10.3.